The standard InChI is InChI=1S/C28H26N4O2S2/c1-3-31-25(30-18-21-12-8-5-9-13-21)22(19(2)23(17-29)26(31)33)16-24-27(34)32(28(35)36-24)15-14-20-10-6-4-7-11-20/h4-13,16,30H,3,14-15,18H2,1-2H3/b24-16+. The van der Waals surface area contributed by atoms with Gasteiger partial charge in [0.05, 0.1) is 4.91 Å². The Morgan fingerprint density at radius 3 is 2.31 bits per heavy atom. The molecule has 0 atom stereocenters. The van der Waals surface area contributed by atoms with E-state index < -0.39 is 0 Å². The molecule has 1 N–H and O–H groups in total. The lowest BCUT2D eigenvalue weighted by atomic mass is 10.0. The number of rotatable bonds is 8. The number of carbonyl (C=O) groups is 1. The minimum Gasteiger partial charge on any atom is -0.367 e. The molecule has 36 heavy (non-hydrogen) atoms. The summed E-state index contributed by atoms with van der Waals surface area (Å²) in [7, 11) is 0. The van der Waals surface area contributed by atoms with Gasteiger partial charge >= 0.3 is 0 Å². The van der Waals surface area contributed by atoms with Crippen molar-refractivity contribution in [2.75, 3.05) is 11.9 Å². The smallest absolute Gasteiger partial charge is 0.270 e. The largest absolute Gasteiger partial charge is 0.367 e. The van der Waals surface area contributed by atoms with E-state index in [0.717, 1.165) is 11.1 Å². The Balaban J connectivity index is 1.70. The number of carbonyl (C=O) groups excluding carboxylic acids is 1. The minimum absolute atomic E-state index is 0.0768. The van der Waals surface area contributed by atoms with Crippen LogP contribution in [0.3, 0.4) is 0 Å². The molecule has 1 saturated heterocycles. The zero-order chi connectivity index (χ0) is 25.7. The minimum atomic E-state index is -0.347. The Hall–Kier alpha value is -3.67. The van der Waals surface area contributed by atoms with Crippen molar-refractivity contribution in [2.24, 2.45) is 0 Å². The quantitative estimate of drug-likeness (QED) is 0.333. The summed E-state index contributed by atoms with van der Waals surface area (Å²) in [6.07, 6.45) is 2.46. The number of anilines is 1. The highest BCUT2D eigenvalue weighted by atomic mass is 32.2. The predicted octanol–water partition coefficient (Wildman–Crippen LogP) is 5.10. The lowest BCUT2D eigenvalue weighted by Gasteiger charge is -2.19. The van der Waals surface area contributed by atoms with Gasteiger partial charge in [0.25, 0.3) is 11.5 Å². The van der Waals surface area contributed by atoms with Crippen molar-refractivity contribution in [3.63, 3.8) is 0 Å². The van der Waals surface area contributed by atoms with Crippen LogP contribution in [0.25, 0.3) is 6.08 Å². The van der Waals surface area contributed by atoms with E-state index in [4.69, 9.17) is 12.2 Å². The average molecular weight is 515 g/mol. The molecule has 8 heteroatoms. The molecular formula is C28H26N4O2S2. The maximum atomic E-state index is 13.3. The number of thioether (sulfide) groups is 1. The number of pyridine rings is 1. The van der Waals surface area contributed by atoms with Crippen molar-refractivity contribution in [1.82, 2.24) is 9.47 Å². The van der Waals surface area contributed by atoms with Crippen LogP contribution in [0.15, 0.2) is 70.4 Å². The zero-order valence-electron chi connectivity index (χ0n) is 20.2. The van der Waals surface area contributed by atoms with Gasteiger partial charge in [-0.05, 0) is 43.0 Å². The molecular weight excluding hydrogens is 488 g/mol. The number of hydrogen-bond acceptors (Lipinski definition) is 6. The van der Waals surface area contributed by atoms with Crippen molar-refractivity contribution >= 4 is 46.1 Å². The van der Waals surface area contributed by atoms with E-state index in [2.05, 4.69) is 11.4 Å². The van der Waals surface area contributed by atoms with Crippen molar-refractivity contribution in [3.8, 4) is 6.07 Å². The molecule has 1 aliphatic heterocycles. The van der Waals surface area contributed by atoms with Gasteiger partial charge in [0.2, 0.25) is 0 Å². The van der Waals surface area contributed by atoms with Crippen LogP contribution >= 0.6 is 24.0 Å². The Bertz CT molecular complexity index is 1420. The molecule has 3 aromatic rings. The van der Waals surface area contributed by atoms with Crippen LogP contribution in [0.5, 0.6) is 0 Å². The van der Waals surface area contributed by atoms with Crippen LogP contribution in [0.4, 0.5) is 5.82 Å². The molecule has 1 amide bonds. The van der Waals surface area contributed by atoms with Gasteiger partial charge in [0.15, 0.2) is 0 Å². The normalized spacial score (nSPS) is 14.4. The summed E-state index contributed by atoms with van der Waals surface area (Å²) in [6.45, 7) is 4.96. The molecule has 0 spiro atoms. The Morgan fingerprint density at radius 2 is 1.69 bits per heavy atom. The highest BCUT2D eigenvalue weighted by molar-refractivity contribution is 8.26. The van der Waals surface area contributed by atoms with Crippen LogP contribution < -0.4 is 10.9 Å². The Labute approximate surface area is 220 Å². The molecule has 1 aromatic heterocycles. The Kier molecular flexibility index (Phi) is 8.04. The summed E-state index contributed by atoms with van der Waals surface area (Å²) in [5.41, 5.74) is 3.10. The molecule has 2 aromatic carbocycles. The fourth-order valence-corrected chi connectivity index (χ4v) is 5.44. The second kappa shape index (κ2) is 11.4. The first-order valence-corrected chi connectivity index (χ1v) is 12.9. The maximum Gasteiger partial charge on any atom is 0.270 e. The zero-order valence-corrected chi connectivity index (χ0v) is 21.8. The number of nitrogens with zero attached hydrogens (tertiary/aromatic N) is 3. The summed E-state index contributed by atoms with van der Waals surface area (Å²) in [6, 6.07) is 21.9. The van der Waals surface area contributed by atoms with Crippen LogP contribution in [0, 0.1) is 18.3 Å². The molecule has 182 valence electrons. The summed E-state index contributed by atoms with van der Waals surface area (Å²) in [4.78, 5) is 28.4. The van der Waals surface area contributed by atoms with Crippen LogP contribution in [-0.2, 0) is 24.3 Å². The third-order valence-electron chi connectivity index (χ3n) is 6.11. The molecule has 6 nitrogen and oxygen atoms in total. The number of aromatic nitrogens is 1. The number of hydrogen-bond donors (Lipinski definition) is 1. The molecule has 0 radical (unpaired) electrons. The van der Waals surface area contributed by atoms with E-state index in [-0.39, 0.29) is 17.0 Å². The molecule has 0 aliphatic carbocycles. The number of thiocarbonyl (C=S) groups is 1. The molecule has 0 bridgehead atoms. The second-order valence-corrected chi connectivity index (χ2v) is 10.0. The fourth-order valence-electron chi connectivity index (χ4n) is 4.15. The van der Waals surface area contributed by atoms with E-state index in [1.54, 1.807) is 22.5 Å². The first-order chi connectivity index (χ1) is 17.4. The number of nitriles is 1. The van der Waals surface area contributed by atoms with E-state index in [1.807, 2.05) is 67.6 Å². The van der Waals surface area contributed by atoms with E-state index >= 15 is 0 Å². The van der Waals surface area contributed by atoms with Gasteiger partial charge in [-0.15, -0.1) is 0 Å². The van der Waals surface area contributed by atoms with Gasteiger partial charge in [-0.25, -0.2) is 0 Å². The predicted molar refractivity (Wildman–Crippen MR) is 150 cm³/mol. The van der Waals surface area contributed by atoms with Crippen LogP contribution in [0.2, 0.25) is 0 Å². The third kappa shape index (κ3) is 5.27. The van der Waals surface area contributed by atoms with E-state index in [0.29, 0.717) is 52.2 Å². The van der Waals surface area contributed by atoms with Gasteiger partial charge in [-0.3, -0.25) is 19.1 Å². The van der Waals surface area contributed by atoms with Gasteiger partial charge in [-0.1, -0.05) is 84.6 Å². The molecule has 4 rings (SSSR count). The summed E-state index contributed by atoms with van der Waals surface area (Å²) < 4.78 is 2.05. The topological polar surface area (TPSA) is 78.1 Å². The highest BCUT2D eigenvalue weighted by Gasteiger charge is 2.32. The van der Waals surface area contributed by atoms with Crippen molar-refractivity contribution in [3.05, 3.63) is 104 Å². The molecule has 0 saturated carbocycles. The van der Waals surface area contributed by atoms with Gasteiger partial charge in [0, 0.05) is 25.2 Å². The van der Waals surface area contributed by atoms with Gasteiger partial charge in [-0.2, -0.15) is 5.26 Å². The summed E-state index contributed by atoms with van der Waals surface area (Å²) in [5.74, 6) is 0.416. The third-order valence-corrected chi connectivity index (χ3v) is 7.49. The van der Waals surface area contributed by atoms with Crippen molar-refractivity contribution < 1.29 is 4.79 Å². The number of nitrogens with one attached hydrogen (secondary N) is 1. The first kappa shape index (κ1) is 25.4. The van der Waals surface area contributed by atoms with Crippen molar-refractivity contribution in [1.29, 1.82) is 5.26 Å². The molecule has 2 heterocycles. The monoisotopic (exact) mass is 514 g/mol. The average Bonchev–Trinajstić information content (AvgIpc) is 3.16. The van der Waals surface area contributed by atoms with E-state index in [1.165, 1.54) is 11.8 Å². The summed E-state index contributed by atoms with van der Waals surface area (Å²) in [5, 5.41) is 13.1. The number of benzene rings is 2. The van der Waals surface area contributed by atoms with Gasteiger partial charge in [0.1, 0.15) is 21.8 Å². The summed E-state index contributed by atoms with van der Waals surface area (Å²) >= 11 is 6.77. The lowest BCUT2D eigenvalue weighted by Crippen LogP contribution is -2.30. The molecule has 1 fully saturated rings. The van der Waals surface area contributed by atoms with Crippen LogP contribution in [-0.4, -0.2) is 26.2 Å². The highest BCUT2D eigenvalue weighted by Crippen LogP contribution is 2.35. The second-order valence-electron chi connectivity index (χ2n) is 8.33. The lowest BCUT2D eigenvalue weighted by molar-refractivity contribution is -0.122. The molecule has 0 unspecified atom stereocenters. The SMILES string of the molecule is CCn1c(NCc2ccccc2)c(/C=C2/SC(=S)N(CCc3ccccc3)C2=O)c(C)c(C#N)c1=O. The maximum absolute atomic E-state index is 13.3. The molecule has 1 aliphatic rings. The van der Waals surface area contributed by atoms with Crippen LogP contribution in [0.1, 0.15) is 34.7 Å². The van der Waals surface area contributed by atoms with E-state index in [9.17, 15) is 14.9 Å². The Morgan fingerprint density at radius 1 is 1.06 bits per heavy atom. The van der Waals surface area contributed by atoms with Gasteiger partial charge < -0.3 is 5.32 Å². The number of amides is 1. The van der Waals surface area contributed by atoms with Crippen molar-refractivity contribution in [2.45, 2.75) is 33.4 Å². The fraction of sp³-hybridized carbons (Fsp3) is 0.214. The first-order valence-electron chi connectivity index (χ1n) is 11.7.